The van der Waals surface area contributed by atoms with Crippen molar-refractivity contribution in [1.29, 1.82) is 0 Å². The first kappa shape index (κ1) is 20.2. The van der Waals surface area contributed by atoms with Crippen LogP contribution in [0.4, 0.5) is 15.0 Å². The van der Waals surface area contributed by atoms with E-state index in [0.717, 1.165) is 16.5 Å². The van der Waals surface area contributed by atoms with E-state index in [-0.39, 0.29) is 11.9 Å². The maximum absolute atomic E-state index is 13.0. The van der Waals surface area contributed by atoms with E-state index < -0.39 is 0 Å². The van der Waals surface area contributed by atoms with Crippen molar-refractivity contribution >= 4 is 23.7 Å². The van der Waals surface area contributed by atoms with Crippen molar-refractivity contribution in [3.63, 3.8) is 0 Å². The number of halogens is 1. The van der Waals surface area contributed by atoms with Gasteiger partial charge in [0.2, 0.25) is 0 Å². The number of carbonyl (C=O) groups excluding carboxylic acids is 1. The molecule has 1 amide bonds. The third-order valence-corrected chi connectivity index (χ3v) is 5.98. The summed E-state index contributed by atoms with van der Waals surface area (Å²) in [4.78, 5) is 24.5. The largest absolute Gasteiger partial charge is 0.415 e. The van der Waals surface area contributed by atoms with Gasteiger partial charge in [-0.25, -0.2) is 19.2 Å². The van der Waals surface area contributed by atoms with Crippen molar-refractivity contribution in [2.24, 2.45) is 7.05 Å². The molecular weight excluding hydrogens is 405 g/mol. The number of thioether (sulfide) groups is 1. The zero-order valence-electron chi connectivity index (χ0n) is 16.6. The van der Waals surface area contributed by atoms with Gasteiger partial charge in [-0.1, -0.05) is 23.9 Å². The highest BCUT2D eigenvalue weighted by Gasteiger charge is 2.23. The second-order valence-corrected chi connectivity index (χ2v) is 7.87. The lowest BCUT2D eigenvalue weighted by molar-refractivity contribution is 0.149. The molecule has 1 aliphatic rings. The molecule has 0 unspecified atom stereocenters. The van der Waals surface area contributed by atoms with E-state index in [9.17, 15) is 9.18 Å². The van der Waals surface area contributed by atoms with Gasteiger partial charge in [-0.15, -0.1) is 0 Å². The minimum Gasteiger partial charge on any atom is -0.410 e. The average molecular weight is 428 g/mol. The Morgan fingerprint density at radius 3 is 2.50 bits per heavy atom. The molecule has 156 valence electrons. The van der Waals surface area contributed by atoms with Gasteiger partial charge >= 0.3 is 6.09 Å². The Labute approximate surface area is 178 Å². The molecule has 3 heterocycles. The number of rotatable bonds is 5. The fourth-order valence-corrected chi connectivity index (χ4v) is 4.02. The van der Waals surface area contributed by atoms with E-state index in [2.05, 4.69) is 9.97 Å². The monoisotopic (exact) mass is 427 g/mol. The molecule has 1 aliphatic heterocycles. The molecule has 30 heavy (non-hydrogen) atoms. The van der Waals surface area contributed by atoms with E-state index in [4.69, 9.17) is 4.74 Å². The fraction of sp³-hybridized carbons (Fsp3) is 0.286. The molecule has 2 aromatic heterocycles. The minimum absolute atomic E-state index is 0.359. The first-order valence-electron chi connectivity index (χ1n) is 9.61. The van der Waals surface area contributed by atoms with Crippen LogP contribution in [0.3, 0.4) is 0 Å². The van der Waals surface area contributed by atoms with Crippen LogP contribution in [0, 0.1) is 5.82 Å². The number of aryl methyl sites for hydroxylation is 1. The standard InChI is InChI=1S/C21H22FN5O2S/c1-25-9-8-23-20(25)30-15-16-2-5-18(6-3-16)29-21(28)27-12-10-26(11-13-27)19-7-4-17(22)14-24-19/h2-9,14H,10-13,15H2,1H3. The number of piperazine rings is 1. The van der Waals surface area contributed by atoms with Crippen molar-refractivity contribution in [1.82, 2.24) is 19.4 Å². The van der Waals surface area contributed by atoms with Crippen LogP contribution in [0.25, 0.3) is 0 Å². The summed E-state index contributed by atoms with van der Waals surface area (Å²) < 4.78 is 20.5. The Bertz CT molecular complexity index is 985. The van der Waals surface area contributed by atoms with Gasteiger partial charge in [0.25, 0.3) is 0 Å². The lowest BCUT2D eigenvalue weighted by Gasteiger charge is -2.34. The zero-order chi connectivity index (χ0) is 20.9. The summed E-state index contributed by atoms with van der Waals surface area (Å²) in [5.74, 6) is 1.66. The van der Waals surface area contributed by atoms with E-state index in [0.29, 0.717) is 37.7 Å². The van der Waals surface area contributed by atoms with Crippen molar-refractivity contribution in [2.75, 3.05) is 31.1 Å². The lowest BCUT2D eigenvalue weighted by Crippen LogP contribution is -2.49. The molecule has 0 radical (unpaired) electrons. The van der Waals surface area contributed by atoms with Gasteiger partial charge in [0.15, 0.2) is 5.16 Å². The third-order valence-electron chi connectivity index (χ3n) is 4.85. The van der Waals surface area contributed by atoms with E-state index in [1.165, 1.54) is 12.3 Å². The predicted octanol–water partition coefficient (Wildman–Crippen LogP) is 3.57. The summed E-state index contributed by atoms with van der Waals surface area (Å²) in [6, 6.07) is 10.6. The van der Waals surface area contributed by atoms with Gasteiger partial charge in [0.1, 0.15) is 17.4 Å². The molecule has 0 aliphatic carbocycles. The summed E-state index contributed by atoms with van der Waals surface area (Å²) in [6.45, 7) is 2.29. The van der Waals surface area contributed by atoms with Gasteiger partial charge < -0.3 is 19.1 Å². The maximum atomic E-state index is 13.0. The van der Waals surface area contributed by atoms with E-state index >= 15 is 0 Å². The van der Waals surface area contributed by atoms with Crippen molar-refractivity contribution in [2.45, 2.75) is 10.9 Å². The van der Waals surface area contributed by atoms with Crippen LogP contribution in [0.15, 0.2) is 60.1 Å². The summed E-state index contributed by atoms with van der Waals surface area (Å²) in [7, 11) is 1.97. The molecule has 7 nitrogen and oxygen atoms in total. The molecule has 0 spiro atoms. The smallest absolute Gasteiger partial charge is 0.410 e. The van der Waals surface area contributed by atoms with Gasteiger partial charge in [0, 0.05) is 51.4 Å². The molecular formula is C21H22FN5O2S. The number of benzene rings is 1. The molecule has 0 atom stereocenters. The number of nitrogens with zero attached hydrogens (tertiary/aromatic N) is 5. The number of pyridine rings is 1. The summed E-state index contributed by atoms with van der Waals surface area (Å²) in [5, 5.41) is 0.959. The molecule has 1 aromatic carbocycles. The Balaban J connectivity index is 1.26. The van der Waals surface area contributed by atoms with Crippen LogP contribution in [0.5, 0.6) is 5.75 Å². The van der Waals surface area contributed by atoms with Crippen LogP contribution >= 0.6 is 11.8 Å². The quantitative estimate of drug-likeness (QED) is 0.580. The molecule has 0 saturated carbocycles. The molecule has 9 heteroatoms. The normalized spacial score (nSPS) is 14.1. The number of aromatic nitrogens is 3. The SMILES string of the molecule is Cn1ccnc1SCc1ccc(OC(=O)N2CCN(c3ccc(F)cn3)CC2)cc1. The number of ether oxygens (including phenoxy) is 1. The molecule has 1 saturated heterocycles. The Morgan fingerprint density at radius 2 is 1.87 bits per heavy atom. The second kappa shape index (κ2) is 9.17. The Morgan fingerprint density at radius 1 is 1.10 bits per heavy atom. The molecule has 0 bridgehead atoms. The molecule has 4 rings (SSSR count). The van der Waals surface area contributed by atoms with Crippen molar-refractivity contribution < 1.29 is 13.9 Å². The average Bonchev–Trinajstić information content (AvgIpc) is 3.18. The zero-order valence-corrected chi connectivity index (χ0v) is 17.4. The van der Waals surface area contributed by atoms with Gasteiger partial charge in [-0.3, -0.25) is 0 Å². The number of hydrogen-bond acceptors (Lipinski definition) is 6. The Hall–Kier alpha value is -3.07. The first-order valence-corrected chi connectivity index (χ1v) is 10.6. The van der Waals surface area contributed by atoms with Gasteiger partial charge in [-0.2, -0.15) is 0 Å². The number of carbonyl (C=O) groups is 1. The molecule has 1 fully saturated rings. The fourth-order valence-electron chi connectivity index (χ4n) is 3.13. The van der Waals surface area contributed by atoms with Crippen LogP contribution < -0.4 is 9.64 Å². The third kappa shape index (κ3) is 4.91. The molecule has 3 aromatic rings. The minimum atomic E-state index is -0.364. The predicted molar refractivity (Wildman–Crippen MR) is 113 cm³/mol. The highest BCUT2D eigenvalue weighted by Crippen LogP contribution is 2.22. The topological polar surface area (TPSA) is 63.5 Å². The van der Waals surface area contributed by atoms with Crippen molar-refractivity contribution in [3.8, 4) is 5.75 Å². The summed E-state index contributed by atoms with van der Waals surface area (Å²) in [6.07, 6.45) is 4.54. The van der Waals surface area contributed by atoms with Crippen LogP contribution in [-0.4, -0.2) is 51.7 Å². The van der Waals surface area contributed by atoms with Gasteiger partial charge in [-0.05, 0) is 29.8 Å². The Kier molecular flexibility index (Phi) is 6.18. The van der Waals surface area contributed by atoms with Gasteiger partial charge in [0.05, 0.1) is 6.20 Å². The van der Waals surface area contributed by atoms with Crippen LogP contribution in [0.2, 0.25) is 0 Å². The van der Waals surface area contributed by atoms with Crippen molar-refractivity contribution in [3.05, 3.63) is 66.4 Å². The van der Waals surface area contributed by atoms with E-state index in [1.54, 1.807) is 28.9 Å². The van der Waals surface area contributed by atoms with Crippen LogP contribution in [-0.2, 0) is 12.8 Å². The number of imidazole rings is 1. The lowest BCUT2D eigenvalue weighted by atomic mass is 10.2. The van der Waals surface area contributed by atoms with E-state index in [1.807, 2.05) is 47.0 Å². The highest BCUT2D eigenvalue weighted by molar-refractivity contribution is 7.98. The maximum Gasteiger partial charge on any atom is 0.415 e. The second-order valence-electron chi connectivity index (χ2n) is 6.93. The number of amides is 1. The van der Waals surface area contributed by atoms with Crippen LogP contribution in [0.1, 0.15) is 5.56 Å². The highest BCUT2D eigenvalue weighted by atomic mass is 32.2. The summed E-state index contributed by atoms with van der Waals surface area (Å²) >= 11 is 1.65. The molecule has 0 N–H and O–H groups in total. The first-order chi connectivity index (χ1) is 14.6. The number of hydrogen-bond donors (Lipinski definition) is 0. The summed E-state index contributed by atoms with van der Waals surface area (Å²) in [5.41, 5.74) is 1.13. The number of anilines is 1.